The van der Waals surface area contributed by atoms with Crippen molar-refractivity contribution in [2.75, 3.05) is 0 Å². The highest BCUT2D eigenvalue weighted by Gasteiger charge is 2.05. The number of H-pyrrole nitrogens is 2. The van der Waals surface area contributed by atoms with Crippen molar-refractivity contribution in [3.8, 4) is 22.5 Å². The molecular formula is C27H24Cl2N6O5. The van der Waals surface area contributed by atoms with E-state index >= 15 is 0 Å². The summed E-state index contributed by atoms with van der Waals surface area (Å²) in [7, 11) is 4.77. The number of aromatic amines is 2. The molecule has 40 heavy (non-hydrogen) atoms. The topological polar surface area (TPSA) is 145 Å². The minimum atomic E-state index is -0.502. The maximum absolute atomic E-state index is 11.4. The summed E-state index contributed by atoms with van der Waals surface area (Å²) in [5, 5.41) is 0.353. The second kappa shape index (κ2) is 13.4. The molecule has 0 spiro atoms. The fourth-order valence-corrected chi connectivity index (χ4v) is 3.72. The van der Waals surface area contributed by atoms with Gasteiger partial charge in [0, 0.05) is 39.3 Å². The van der Waals surface area contributed by atoms with Crippen molar-refractivity contribution in [1.82, 2.24) is 28.7 Å². The van der Waals surface area contributed by atoms with Gasteiger partial charge in [-0.25, -0.2) is 14.4 Å². The van der Waals surface area contributed by atoms with Gasteiger partial charge in [0.05, 0.1) is 11.4 Å². The van der Waals surface area contributed by atoms with E-state index in [-0.39, 0.29) is 21.6 Å². The van der Waals surface area contributed by atoms with Crippen LogP contribution in [0.5, 0.6) is 0 Å². The zero-order valence-corrected chi connectivity index (χ0v) is 23.1. The second-order valence-electron chi connectivity index (χ2n) is 8.24. The molecule has 0 bridgehead atoms. The number of benzene rings is 2. The molecule has 0 saturated carbocycles. The van der Waals surface area contributed by atoms with Crippen molar-refractivity contribution in [2.24, 2.45) is 21.1 Å². The Balaban J connectivity index is 0.000000169. The highest BCUT2D eigenvalue weighted by molar-refractivity contribution is 6.29. The minimum Gasteiger partial charge on any atom is -0.296 e. The maximum atomic E-state index is 11.4. The van der Waals surface area contributed by atoms with Crippen molar-refractivity contribution >= 4 is 23.2 Å². The van der Waals surface area contributed by atoms with Gasteiger partial charge in [0.2, 0.25) is 0 Å². The summed E-state index contributed by atoms with van der Waals surface area (Å²) >= 11 is 11.2. The summed E-state index contributed by atoms with van der Waals surface area (Å²) in [5.74, 6) is 0. The lowest BCUT2D eigenvalue weighted by Gasteiger charge is -2.07. The first kappa shape index (κ1) is 29.8. The van der Waals surface area contributed by atoms with Gasteiger partial charge in [-0.15, -0.1) is 0 Å². The third-order valence-electron chi connectivity index (χ3n) is 5.51. The Morgan fingerprint density at radius 3 is 1.55 bits per heavy atom. The summed E-state index contributed by atoms with van der Waals surface area (Å²) in [6, 6.07) is 23.1. The van der Waals surface area contributed by atoms with Crippen LogP contribution in [0.25, 0.3) is 22.5 Å². The zero-order valence-electron chi connectivity index (χ0n) is 21.6. The van der Waals surface area contributed by atoms with E-state index < -0.39 is 16.9 Å². The molecule has 0 atom stereocenters. The Bertz CT molecular complexity index is 1910. The average molecular weight is 583 g/mol. The van der Waals surface area contributed by atoms with Crippen LogP contribution in [0, 0.1) is 0 Å². The molecule has 206 valence electrons. The summed E-state index contributed by atoms with van der Waals surface area (Å²) in [5.41, 5.74) is 1.07. The van der Waals surface area contributed by atoms with E-state index in [0.717, 1.165) is 27.5 Å². The van der Waals surface area contributed by atoms with Gasteiger partial charge in [-0.1, -0.05) is 83.9 Å². The first-order valence-electron chi connectivity index (χ1n) is 11.6. The highest BCUT2D eigenvalue weighted by atomic mass is 35.5. The van der Waals surface area contributed by atoms with Gasteiger partial charge in [-0.05, 0) is 11.1 Å². The summed E-state index contributed by atoms with van der Waals surface area (Å²) in [4.78, 5) is 63.0. The fourth-order valence-electron chi connectivity index (χ4n) is 3.37. The van der Waals surface area contributed by atoms with E-state index in [9.17, 15) is 24.0 Å². The average Bonchev–Trinajstić information content (AvgIpc) is 2.93. The molecular weight excluding hydrogens is 559 g/mol. The minimum absolute atomic E-state index is 0.133. The number of hydrogen-bond donors (Lipinski definition) is 2. The normalized spacial score (nSPS) is 10.1. The van der Waals surface area contributed by atoms with Crippen molar-refractivity contribution < 1.29 is 0 Å². The van der Waals surface area contributed by atoms with Crippen molar-refractivity contribution in [1.29, 1.82) is 0 Å². The number of hydrogen-bond acceptors (Lipinski definition) is 6. The van der Waals surface area contributed by atoms with Crippen LogP contribution < -0.4 is 28.2 Å². The molecule has 0 aliphatic heterocycles. The van der Waals surface area contributed by atoms with Crippen LogP contribution in [-0.4, -0.2) is 28.7 Å². The van der Waals surface area contributed by atoms with Gasteiger partial charge in [0.1, 0.15) is 10.3 Å². The predicted octanol–water partition coefficient (Wildman–Crippen LogP) is 2.57. The molecule has 0 amide bonds. The summed E-state index contributed by atoms with van der Waals surface area (Å²) in [6.07, 6.45) is 0. The van der Waals surface area contributed by atoms with E-state index in [0.29, 0.717) is 5.69 Å². The van der Waals surface area contributed by atoms with Gasteiger partial charge in [0.15, 0.2) is 0 Å². The van der Waals surface area contributed by atoms with E-state index in [4.69, 9.17) is 23.2 Å². The van der Waals surface area contributed by atoms with Crippen LogP contribution in [0.3, 0.4) is 0 Å². The molecule has 3 heterocycles. The molecule has 3 aromatic heterocycles. The molecule has 5 aromatic rings. The van der Waals surface area contributed by atoms with Crippen LogP contribution in [0.4, 0.5) is 0 Å². The van der Waals surface area contributed by atoms with Crippen LogP contribution in [0.2, 0.25) is 10.3 Å². The van der Waals surface area contributed by atoms with Crippen LogP contribution >= 0.6 is 23.2 Å². The van der Waals surface area contributed by atoms with Crippen LogP contribution in [0.15, 0.2) is 103 Å². The zero-order chi connectivity index (χ0) is 29.4. The largest absolute Gasteiger partial charge is 0.349 e. The highest BCUT2D eigenvalue weighted by Crippen LogP contribution is 2.18. The third-order valence-corrected chi connectivity index (χ3v) is 6.07. The lowest BCUT2D eigenvalue weighted by atomic mass is 10.1. The SMILES string of the molecule is Cn1c(-c2ccccc2)cc(=O)[nH]c1=O.Cn1c(-c2ccccc2)cc(Cl)nc1=O.Cn1c(Cl)cc(=O)[nH]c1=O. The molecule has 5 rings (SSSR count). The molecule has 0 unspecified atom stereocenters. The molecule has 0 aliphatic carbocycles. The molecule has 0 saturated heterocycles. The van der Waals surface area contributed by atoms with Crippen LogP contribution in [0.1, 0.15) is 0 Å². The standard InChI is InChI=1S/C11H9ClN2O.C11H10N2O2.C5H5ClN2O2/c1-14-9(7-10(12)13-11(14)15)8-5-3-2-4-6-8;1-13-9(7-10(14)12-11(13)15)8-5-3-2-4-6-8;1-8-3(6)2-4(9)7-5(8)10/h2-7H,1H3;2-7H,1H3,(H,12,14,15);2H,1H3,(H,7,9,10). The van der Waals surface area contributed by atoms with E-state index in [1.165, 1.54) is 22.2 Å². The molecule has 0 aliphatic rings. The van der Waals surface area contributed by atoms with E-state index in [1.54, 1.807) is 20.2 Å². The quantitative estimate of drug-likeness (QED) is 0.306. The number of aromatic nitrogens is 6. The molecule has 11 nitrogen and oxygen atoms in total. The molecule has 0 radical (unpaired) electrons. The molecule has 2 aromatic carbocycles. The Hall–Kier alpha value is -4.74. The smallest absolute Gasteiger partial charge is 0.296 e. The Morgan fingerprint density at radius 2 is 1.05 bits per heavy atom. The van der Waals surface area contributed by atoms with Crippen molar-refractivity contribution in [2.45, 2.75) is 0 Å². The van der Waals surface area contributed by atoms with E-state index in [1.807, 2.05) is 65.6 Å². The van der Waals surface area contributed by atoms with Crippen molar-refractivity contribution in [3.63, 3.8) is 0 Å². The van der Waals surface area contributed by atoms with Gasteiger partial charge >= 0.3 is 17.1 Å². The van der Waals surface area contributed by atoms with Gasteiger partial charge in [-0.2, -0.15) is 4.98 Å². The molecule has 2 N–H and O–H groups in total. The lowest BCUT2D eigenvalue weighted by Crippen LogP contribution is -2.28. The van der Waals surface area contributed by atoms with Crippen molar-refractivity contribution in [3.05, 3.63) is 141 Å². The van der Waals surface area contributed by atoms with Gasteiger partial charge in [-0.3, -0.25) is 33.3 Å². The lowest BCUT2D eigenvalue weighted by molar-refractivity contribution is 0.800. The Labute approximate surface area is 236 Å². The van der Waals surface area contributed by atoms with E-state index in [2.05, 4.69) is 9.97 Å². The fraction of sp³-hybridized carbons (Fsp3) is 0.111. The number of nitrogens with one attached hydrogen (secondary N) is 2. The van der Waals surface area contributed by atoms with Gasteiger partial charge < -0.3 is 0 Å². The number of rotatable bonds is 2. The Kier molecular flexibility index (Phi) is 9.96. The summed E-state index contributed by atoms with van der Waals surface area (Å²) < 4.78 is 4.03. The molecule has 13 heteroatoms. The maximum Gasteiger partial charge on any atom is 0.349 e. The third kappa shape index (κ3) is 7.65. The van der Waals surface area contributed by atoms with Crippen LogP contribution in [-0.2, 0) is 21.1 Å². The first-order chi connectivity index (χ1) is 19.0. The monoisotopic (exact) mass is 582 g/mol. The first-order valence-corrected chi connectivity index (χ1v) is 12.3. The molecule has 0 fully saturated rings. The number of halogens is 2. The predicted molar refractivity (Wildman–Crippen MR) is 155 cm³/mol. The Morgan fingerprint density at radius 1 is 0.600 bits per heavy atom. The number of nitrogens with zero attached hydrogens (tertiary/aromatic N) is 4. The second-order valence-corrected chi connectivity index (χ2v) is 9.02. The van der Waals surface area contributed by atoms with Gasteiger partial charge in [0.25, 0.3) is 11.1 Å². The summed E-state index contributed by atoms with van der Waals surface area (Å²) in [6.45, 7) is 0.